The Hall–Kier alpha value is -1.59. The first-order chi connectivity index (χ1) is 11.5. The molecule has 2 bridgehead atoms. The molecule has 1 aromatic rings. The minimum absolute atomic E-state index is 0.0281. The number of halogens is 1. The van der Waals surface area contributed by atoms with Gasteiger partial charge in [0.05, 0.1) is 24.0 Å². The number of ether oxygens (including phenoxy) is 1. The fourth-order valence-electron chi connectivity index (χ4n) is 4.41. The van der Waals surface area contributed by atoms with Crippen molar-refractivity contribution >= 4 is 23.5 Å². The number of amides is 1. The molecule has 0 aromatic heterocycles. The van der Waals surface area contributed by atoms with E-state index in [1.165, 1.54) is 0 Å². The van der Waals surface area contributed by atoms with Crippen molar-refractivity contribution in [3.8, 4) is 0 Å². The number of fused-ring (bicyclic) bond motifs is 2. The lowest BCUT2D eigenvalue weighted by atomic mass is 9.88. The van der Waals surface area contributed by atoms with Crippen molar-refractivity contribution < 1.29 is 19.4 Å². The number of carboxylic acid groups (broad SMARTS) is 1. The monoisotopic (exact) mass is 349 g/mol. The van der Waals surface area contributed by atoms with Gasteiger partial charge in [0.15, 0.2) is 0 Å². The molecule has 5 nitrogen and oxygen atoms in total. The van der Waals surface area contributed by atoms with Gasteiger partial charge in [0.1, 0.15) is 0 Å². The molecule has 3 fully saturated rings. The topological polar surface area (TPSA) is 66.8 Å². The number of rotatable bonds is 3. The van der Waals surface area contributed by atoms with Crippen LogP contribution in [0.4, 0.5) is 0 Å². The SMILES string of the molecule is O=C(O)[C@@H]1CN(C(=O)C2CC3CCC2O3)C[C@H]1c1ccc(Cl)cc1. The lowest BCUT2D eigenvalue weighted by Gasteiger charge is -2.24. The minimum atomic E-state index is -0.852. The molecule has 0 spiro atoms. The van der Waals surface area contributed by atoms with Gasteiger partial charge in [0.25, 0.3) is 0 Å². The fraction of sp³-hybridized carbons (Fsp3) is 0.556. The summed E-state index contributed by atoms with van der Waals surface area (Å²) in [7, 11) is 0. The smallest absolute Gasteiger partial charge is 0.308 e. The first-order valence-electron chi connectivity index (χ1n) is 8.45. The number of benzene rings is 1. The molecule has 5 atom stereocenters. The number of aliphatic carboxylic acids is 1. The Morgan fingerprint density at radius 3 is 2.46 bits per heavy atom. The Morgan fingerprint density at radius 2 is 1.88 bits per heavy atom. The summed E-state index contributed by atoms with van der Waals surface area (Å²) in [6.45, 7) is 0.723. The molecule has 1 amide bonds. The summed E-state index contributed by atoms with van der Waals surface area (Å²) in [4.78, 5) is 26.3. The maximum atomic E-state index is 12.9. The third-order valence-electron chi connectivity index (χ3n) is 5.67. The van der Waals surface area contributed by atoms with Crippen molar-refractivity contribution in [3.63, 3.8) is 0 Å². The van der Waals surface area contributed by atoms with Crippen molar-refractivity contribution in [2.24, 2.45) is 11.8 Å². The second-order valence-corrected chi connectivity index (χ2v) is 7.50. The zero-order valence-electron chi connectivity index (χ0n) is 13.2. The molecule has 128 valence electrons. The molecule has 3 unspecified atom stereocenters. The number of nitrogens with zero attached hydrogens (tertiary/aromatic N) is 1. The van der Waals surface area contributed by atoms with Crippen LogP contribution in [0.15, 0.2) is 24.3 Å². The molecule has 0 radical (unpaired) electrons. The number of hydrogen-bond donors (Lipinski definition) is 1. The molecule has 3 aliphatic rings. The second-order valence-electron chi connectivity index (χ2n) is 7.06. The van der Waals surface area contributed by atoms with Gasteiger partial charge in [-0.25, -0.2) is 0 Å². The molecule has 3 saturated heterocycles. The highest BCUT2D eigenvalue weighted by molar-refractivity contribution is 6.30. The van der Waals surface area contributed by atoms with E-state index in [1.807, 2.05) is 12.1 Å². The number of hydrogen-bond acceptors (Lipinski definition) is 3. The summed E-state index contributed by atoms with van der Waals surface area (Å²) < 4.78 is 5.79. The highest BCUT2D eigenvalue weighted by Gasteiger charge is 2.48. The molecule has 1 N–H and O–H groups in total. The van der Waals surface area contributed by atoms with E-state index < -0.39 is 11.9 Å². The fourth-order valence-corrected chi connectivity index (χ4v) is 4.54. The molecule has 3 heterocycles. The molecular weight excluding hydrogens is 330 g/mol. The quantitative estimate of drug-likeness (QED) is 0.910. The lowest BCUT2D eigenvalue weighted by Crippen LogP contribution is -2.39. The summed E-state index contributed by atoms with van der Waals surface area (Å²) in [5, 5.41) is 10.2. The molecule has 24 heavy (non-hydrogen) atoms. The molecule has 4 rings (SSSR count). The van der Waals surface area contributed by atoms with E-state index in [1.54, 1.807) is 17.0 Å². The van der Waals surface area contributed by atoms with Crippen molar-refractivity contribution in [1.82, 2.24) is 4.90 Å². The lowest BCUT2D eigenvalue weighted by molar-refractivity contribution is -0.142. The van der Waals surface area contributed by atoms with Crippen LogP contribution >= 0.6 is 11.6 Å². The van der Waals surface area contributed by atoms with Crippen molar-refractivity contribution in [1.29, 1.82) is 0 Å². The largest absolute Gasteiger partial charge is 0.481 e. The molecule has 0 saturated carbocycles. The second kappa shape index (κ2) is 6.05. The van der Waals surface area contributed by atoms with Crippen LogP contribution in [-0.4, -0.2) is 47.2 Å². The van der Waals surface area contributed by atoms with Gasteiger partial charge in [-0.2, -0.15) is 0 Å². The molecule has 1 aromatic carbocycles. The molecule has 0 aliphatic carbocycles. The first kappa shape index (κ1) is 15.9. The Labute approximate surface area is 145 Å². The van der Waals surface area contributed by atoms with Gasteiger partial charge >= 0.3 is 5.97 Å². The van der Waals surface area contributed by atoms with Crippen LogP contribution < -0.4 is 0 Å². The summed E-state index contributed by atoms with van der Waals surface area (Å²) >= 11 is 5.92. The zero-order valence-corrected chi connectivity index (χ0v) is 14.0. The third-order valence-corrected chi connectivity index (χ3v) is 5.92. The van der Waals surface area contributed by atoms with E-state index in [-0.39, 0.29) is 36.5 Å². The van der Waals surface area contributed by atoms with E-state index in [0.717, 1.165) is 24.8 Å². The van der Waals surface area contributed by atoms with Crippen LogP contribution in [-0.2, 0) is 14.3 Å². The van der Waals surface area contributed by atoms with E-state index in [0.29, 0.717) is 11.6 Å². The summed E-state index contributed by atoms with van der Waals surface area (Å²) in [6.07, 6.45) is 3.01. The van der Waals surface area contributed by atoms with Gasteiger partial charge in [-0.1, -0.05) is 23.7 Å². The highest BCUT2D eigenvalue weighted by Crippen LogP contribution is 2.41. The number of carbonyl (C=O) groups excluding carboxylic acids is 1. The van der Waals surface area contributed by atoms with Crippen LogP contribution in [0, 0.1) is 11.8 Å². The standard InChI is InChI=1S/C18H20ClNO4/c19-11-3-1-10(2-4-11)14-8-20(9-15(14)18(22)23)17(21)13-7-12-5-6-16(13)24-12/h1-4,12-16H,5-9H2,(H,22,23)/t12?,13?,14-,15+,16?/m0/s1. The zero-order chi connectivity index (χ0) is 16.8. The molecular formula is C18H20ClNO4. The van der Waals surface area contributed by atoms with Gasteiger partial charge in [-0.3, -0.25) is 9.59 Å². The summed E-state index contributed by atoms with van der Waals surface area (Å²) in [5.74, 6) is -1.65. The van der Waals surface area contributed by atoms with Gasteiger partial charge in [-0.15, -0.1) is 0 Å². The van der Waals surface area contributed by atoms with Crippen molar-refractivity contribution in [2.75, 3.05) is 13.1 Å². The van der Waals surface area contributed by atoms with Gasteiger partial charge in [0.2, 0.25) is 5.91 Å². The summed E-state index contributed by atoms with van der Waals surface area (Å²) in [5.41, 5.74) is 0.922. The highest BCUT2D eigenvalue weighted by atomic mass is 35.5. The van der Waals surface area contributed by atoms with E-state index in [2.05, 4.69) is 0 Å². The first-order valence-corrected chi connectivity index (χ1v) is 8.83. The van der Waals surface area contributed by atoms with Crippen LogP contribution in [0.5, 0.6) is 0 Å². The Balaban J connectivity index is 1.53. The maximum absolute atomic E-state index is 12.9. The van der Waals surface area contributed by atoms with Crippen molar-refractivity contribution in [2.45, 2.75) is 37.4 Å². The normalized spacial score (nSPS) is 34.7. The Morgan fingerprint density at radius 1 is 1.12 bits per heavy atom. The Bertz CT molecular complexity index is 661. The molecule has 3 aliphatic heterocycles. The molecule has 6 heteroatoms. The predicted octanol–water partition coefficient (Wildman–Crippen LogP) is 2.53. The average Bonchev–Trinajstić information content (AvgIpc) is 3.29. The number of likely N-dealkylation sites (tertiary alicyclic amines) is 1. The maximum Gasteiger partial charge on any atom is 0.308 e. The summed E-state index contributed by atoms with van der Waals surface area (Å²) in [6, 6.07) is 7.25. The third kappa shape index (κ3) is 2.70. The number of carboxylic acids is 1. The van der Waals surface area contributed by atoms with Gasteiger partial charge in [0, 0.05) is 24.0 Å². The average molecular weight is 350 g/mol. The van der Waals surface area contributed by atoms with E-state index in [4.69, 9.17) is 16.3 Å². The number of carbonyl (C=O) groups is 2. The van der Waals surface area contributed by atoms with Crippen molar-refractivity contribution in [3.05, 3.63) is 34.9 Å². The van der Waals surface area contributed by atoms with E-state index in [9.17, 15) is 14.7 Å². The van der Waals surface area contributed by atoms with Crippen LogP contribution in [0.1, 0.15) is 30.7 Å². The van der Waals surface area contributed by atoms with Crippen LogP contribution in [0.25, 0.3) is 0 Å². The minimum Gasteiger partial charge on any atom is -0.481 e. The van der Waals surface area contributed by atoms with Gasteiger partial charge in [-0.05, 0) is 37.0 Å². The Kier molecular flexibility index (Phi) is 4.01. The predicted molar refractivity (Wildman–Crippen MR) is 87.9 cm³/mol. The van der Waals surface area contributed by atoms with Crippen LogP contribution in [0.2, 0.25) is 5.02 Å². The van der Waals surface area contributed by atoms with E-state index >= 15 is 0 Å². The van der Waals surface area contributed by atoms with Crippen LogP contribution in [0.3, 0.4) is 0 Å². The van der Waals surface area contributed by atoms with Gasteiger partial charge < -0.3 is 14.7 Å².